The Morgan fingerprint density at radius 1 is 0.800 bits per heavy atom. The lowest BCUT2D eigenvalue weighted by Crippen LogP contribution is -2.29. The molecule has 3 N–H and O–H groups in total. The molecule has 0 aliphatic carbocycles. The summed E-state index contributed by atoms with van der Waals surface area (Å²) >= 11 is 0. The van der Waals surface area contributed by atoms with Crippen LogP contribution in [0.15, 0.2) is 83.9 Å². The highest BCUT2D eigenvalue weighted by atomic mass is 32.2. The van der Waals surface area contributed by atoms with E-state index in [1.165, 1.54) is 12.1 Å². The summed E-state index contributed by atoms with van der Waals surface area (Å²) in [6, 6.07) is 21.1. The highest BCUT2D eigenvalue weighted by Gasteiger charge is 2.13. The largest absolute Gasteiger partial charge is 0.457 e. The Labute approximate surface area is 204 Å². The van der Waals surface area contributed by atoms with Gasteiger partial charge in [0.25, 0.3) is 0 Å². The van der Waals surface area contributed by atoms with Crippen LogP contribution in [0.25, 0.3) is 0 Å². The first-order valence-corrected chi connectivity index (χ1v) is 12.5. The molecule has 0 unspecified atom stereocenters. The van der Waals surface area contributed by atoms with Gasteiger partial charge in [-0.05, 0) is 67.9 Å². The first kappa shape index (κ1) is 24.1. The second kappa shape index (κ2) is 10.9. The number of para-hydroxylation sites is 1. The van der Waals surface area contributed by atoms with Crippen LogP contribution in [0.4, 0.5) is 17.5 Å². The molecule has 2 aromatic carbocycles. The summed E-state index contributed by atoms with van der Waals surface area (Å²) < 4.78 is 33.6. The molecule has 180 valence electrons. The number of pyridine rings is 1. The Balaban J connectivity index is 1.30. The number of benzene rings is 2. The van der Waals surface area contributed by atoms with E-state index in [1.54, 1.807) is 31.3 Å². The van der Waals surface area contributed by atoms with Crippen molar-refractivity contribution < 1.29 is 13.2 Å². The lowest BCUT2D eigenvalue weighted by atomic mass is 10.3. The van der Waals surface area contributed by atoms with Gasteiger partial charge in [-0.25, -0.2) is 28.1 Å². The number of hydrogen-bond acceptors (Lipinski definition) is 8. The van der Waals surface area contributed by atoms with E-state index in [9.17, 15) is 8.42 Å². The Hall–Kier alpha value is -4.02. The van der Waals surface area contributed by atoms with Gasteiger partial charge < -0.3 is 15.4 Å². The van der Waals surface area contributed by atoms with Crippen molar-refractivity contribution in [2.75, 3.05) is 23.7 Å². The number of anilines is 3. The molecule has 0 saturated heterocycles. The molecule has 0 amide bonds. The van der Waals surface area contributed by atoms with E-state index in [0.29, 0.717) is 41.3 Å². The second-order valence-corrected chi connectivity index (χ2v) is 9.51. The van der Waals surface area contributed by atoms with Crippen molar-refractivity contribution >= 4 is 27.5 Å². The molecule has 35 heavy (non-hydrogen) atoms. The maximum Gasteiger partial charge on any atom is 0.240 e. The third-order valence-corrected chi connectivity index (χ3v) is 6.32. The van der Waals surface area contributed by atoms with Crippen molar-refractivity contribution in [3.05, 3.63) is 90.4 Å². The molecule has 0 saturated carbocycles. The molecule has 0 radical (unpaired) electrons. The lowest BCUT2D eigenvalue weighted by molar-refractivity contribution is 0.482. The van der Waals surface area contributed by atoms with E-state index < -0.39 is 10.0 Å². The summed E-state index contributed by atoms with van der Waals surface area (Å²) in [6.07, 6.45) is 1.72. The van der Waals surface area contributed by atoms with Gasteiger partial charge in [-0.2, -0.15) is 0 Å². The van der Waals surface area contributed by atoms with Gasteiger partial charge in [0.15, 0.2) is 0 Å². The number of nitrogens with one attached hydrogen (secondary N) is 3. The Bertz CT molecular complexity index is 1380. The van der Waals surface area contributed by atoms with Gasteiger partial charge in [-0.15, -0.1) is 0 Å². The van der Waals surface area contributed by atoms with E-state index >= 15 is 0 Å². The van der Waals surface area contributed by atoms with Crippen molar-refractivity contribution in [2.24, 2.45) is 0 Å². The summed E-state index contributed by atoms with van der Waals surface area (Å²) in [7, 11) is -3.66. The van der Waals surface area contributed by atoms with E-state index in [1.807, 2.05) is 49.4 Å². The number of rotatable bonds is 10. The van der Waals surface area contributed by atoms with Gasteiger partial charge in [0, 0.05) is 25.4 Å². The second-order valence-electron chi connectivity index (χ2n) is 7.74. The molecule has 0 aliphatic rings. The standard InChI is InChI=1S/C25H26N6O3S/c1-18-12-13-26-23(16-18)31-25-17-24(29-19(2)30-25)27-14-15-28-35(32,33)22-10-8-21(9-11-22)34-20-6-4-3-5-7-20/h3-13,16-17,28H,14-15H2,1-2H3,(H2,26,27,29,30,31). The minimum atomic E-state index is -3.66. The fourth-order valence-electron chi connectivity index (χ4n) is 3.23. The molecular formula is C25H26N6O3S. The zero-order valence-corrected chi connectivity index (χ0v) is 20.2. The first-order valence-electron chi connectivity index (χ1n) is 11.0. The molecule has 4 rings (SSSR count). The zero-order valence-electron chi connectivity index (χ0n) is 19.4. The van der Waals surface area contributed by atoms with Gasteiger partial charge in [-0.1, -0.05) is 18.2 Å². The number of aromatic nitrogens is 3. The fraction of sp³-hybridized carbons (Fsp3) is 0.160. The third kappa shape index (κ3) is 6.98. The quantitative estimate of drug-likeness (QED) is 0.280. The van der Waals surface area contributed by atoms with E-state index in [0.717, 1.165) is 5.56 Å². The predicted octanol–water partition coefficient (Wildman–Crippen LogP) is 4.41. The topological polar surface area (TPSA) is 118 Å². The van der Waals surface area contributed by atoms with Crippen molar-refractivity contribution in [1.82, 2.24) is 19.7 Å². The summed E-state index contributed by atoms with van der Waals surface area (Å²) in [5, 5.41) is 6.28. The van der Waals surface area contributed by atoms with Crippen LogP contribution in [-0.2, 0) is 10.0 Å². The van der Waals surface area contributed by atoms with Crippen molar-refractivity contribution in [3.63, 3.8) is 0 Å². The average molecular weight is 491 g/mol. The van der Waals surface area contributed by atoms with Gasteiger partial charge in [0.05, 0.1) is 4.90 Å². The zero-order chi connectivity index (χ0) is 24.7. The monoisotopic (exact) mass is 490 g/mol. The van der Waals surface area contributed by atoms with Crippen LogP contribution < -0.4 is 20.1 Å². The van der Waals surface area contributed by atoms with Gasteiger partial charge in [0.2, 0.25) is 10.0 Å². The Kier molecular flexibility index (Phi) is 7.54. The number of ether oxygens (including phenoxy) is 1. The summed E-state index contributed by atoms with van der Waals surface area (Å²) in [4.78, 5) is 13.2. The van der Waals surface area contributed by atoms with E-state index in [2.05, 4.69) is 30.3 Å². The smallest absolute Gasteiger partial charge is 0.240 e. The van der Waals surface area contributed by atoms with Crippen LogP contribution in [0.1, 0.15) is 11.4 Å². The van der Waals surface area contributed by atoms with Crippen molar-refractivity contribution in [1.29, 1.82) is 0 Å². The van der Waals surface area contributed by atoms with Crippen LogP contribution in [-0.4, -0.2) is 36.5 Å². The fourth-order valence-corrected chi connectivity index (χ4v) is 4.26. The summed E-state index contributed by atoms with van der Waals surface area (Å²) in [5.74, 6) is 3.67. The van der Waals surface area contributed by atoms with Gasteiger partial charge in [0.1, 0.15) is 34.8 Å². The van der Waals surface area contributed by atoms with E-state index in [4.69, 9.17) is 4.74 Å². The Morgan fingerprint density at radius 2 is 1.51 bits per heavy atom. The molecule has 0 fully saturated rings. The van der Waals surface area contributed by atoms with Crippen LogP contribution in [0.2, 0.25) is 0 Å². The minimum Gasteiger partial charge on any atom is -0.457 e. The molecule has 0 atom stereocenters. The Morgan fingerprint density at radius 3 is 2.26 bits per heavy atom. The SMILES string of the molecule is Cc1ccnc(Nc2cc(NCCNS(=O)(=O)c3ccc(Oc4ccccc4)cc3)nc(C)n2)c1. The molecular weight excluding hydrogens is 464 g/mol. The van der Waals surface area contributed by atoms with Gasteiger partial charge >= 0.3 is 0 Å². The van der Waals surface area contributed by atoms with Crippen LogP contribution in [0.5, 0.6) is 11.5 Å². The number of nitrogens with zero attached hydrogens (tertiary/aromatic N) is 3. The number of hydrogen-bond donors (Lipinski definition) is 3. The molecule has 10 heteroatoms. The van der Waals surface area contributed by atoms with E-state index in [-0.39, 0.29) is 11.4 Å². The molecule has 9 nitrogen and oxygen atoms in total. The van der Waals surface area contributed by atoms with Gasteiger partial charge in [-0.3, -0.25) is 0 Å². The average Bonchev–Trinajstić information content (AvgIpc) is 2.83. The molecule has 2 heterocycles. The first-order chi connectivity index (χ1) is 16.9. The van der Waals surface area contributed by atoms with Crippen LogP contribution in [0.3, 0.4) is 0 Å². The predicted molar refractivity (Wildman–Crippen MR) is 136 cm³/mol. The molecule has 0 aliphatic heterocycles. The molecule has 4 aromatic rings. The highest BCUT2D eigenvalue weighted by molar-refractivity contribution is 7.89. The summed E-state index contributed by atoms with van der Waals surface area (Å²) in [5.41, 5.74) is 1.08. The molecule has 0 bridgehead atoms. The summed E-state index contributed by atoms with van der Waals surface area (Å²) in [6.45, 7) is 4.29. The number of sulfonamides is 1. The third-order valence-electron chi connectivity index (χ3n) is 4.85. The van der Waals surface area contributed by atoms with Crippen molar-refractivity contribution in [3.8, 4) is 11.5 Å². The normalized spacial score (nSPS) is 11.1. The maximum atomic E-state index is 12.6. The maximum absolute atomic E-state index is 12.6. The molecule has 0 spiro atoms. The lowest BCUT2D eigenvalue weighted by Gasteiger charge is -2.11. The minimum absolute atomic E-state index is 0.160. The number of aryl methyl sites for hydroxylation is 2. The highest BCUT2D eigenvalue weighted by Crippen LogP contribution is 2.22. The van der Waals surface area contributed by atoms with Crippen LogP contribution in [0, 0.1) is 13.8 Å². The van der Waals surface area contributed by atoms with Crippen molar-refractivity contribution in [2.45, 2.75) is 18.7 Å². The molecule has 2 aromatic heterocycles. The van der Waals surface area contributed by atoms with Crippen LogP contribution >= 0.6 is 0 Å².